The fraction of sp³-hybridized carbons (Fsp3) is 0.214. The number of carboxylic acids is 1. The molecule has 1 N–H and O–H groups in total. The minimum atomic E-state index is -0.905. The molecule has 0 saturated heterocycles. The Morgan fingerprint density at radius 1 is 1.28 bits per heavy atom. The van der Waals surface area contributed by atoms with Crippen LogP contribution in [0.4, 0.5) is 0 Å². The molecule has 4 heteroatoms. The zero-order chi connectivity index (χ0) is 13.3. The first-order chi connectivity index (χ1) is 8.49. The molecule has 1 aromatic carbocycles. The van der Waals surface area contributed by atoms with Crippen LogP contribution in [0.1, 0.15) is 27.3 Å². The third-order valence-corrected chi connectivity index (χ3v) is 3.44. The zero-order valence-electron chi connectivity index (χ0n) is 10.3. The van der Waals surface area contributed by atoms with Crippen LogP contribution in [-0.2, 0) is 6.54 Å². The molecule has 3 nitrogen and oxygen atoms in total. The predicted molar refractivity (Wildman–Crippen MR) is 71.4 cm³/mol. The number of halogens is 1. The van der Waals surface area contributed by atoms with Gasteiger partial charge in [0.15, 0.2) is 0 Å². The minimum Gasteiger partial charge on any atom is -0.478 e. The van der Waals surface area contributed by atoms with Crippen LogP contribution in [0.3, 0.4) is 0 Å². The Kier molecular flexibility index (Phi) is 3.43. The summed E-state index contributed by atoms with van der Waals surface area (Å²) < 4.78 is 2.11. The summed E-state index contributed by atoms with van der Waals surface area (Å²) >= 11 is 6.07. The van der Waals surface area contributed by atoms with Crippen molar-refractivity contribution >= 4 is 17.6 Å². The molecule has 0 atom stereocenters. The van der Waals surface area contributed by atoms with E-state index in [1.54, 1.807) is 12.1 Å². The first-order valence-electron chi connectivity index (χ1n) is 5.63. The van der Waals surface area contributed by atoms with E-state index < -0.39 is 5.97 Å². The van der Waals surface area contributed by atoms with Crippen LogP contribution in [0, 0.1) is 13.8 Å². The van der Waals surface area contributed by atoms with Crippen LogP contribution in [0.15, 0.2) is 30.3 Å². The second kappa shape index (κ2) is 4.86. The van der Waals surface area contributed by atoms with Gasteiger partial charge in [-0.1, -0.05) is 23.7 Å². The van der Waals surface area contributed by atoms with E-state index in [2.05, 4.69) is 4.57 Å². The number of carboxylic acid groups (broad SMARTS) is 1. The first kappa shape index (κ1) is 12.7. The highest BCUT2D eigenvalue weighted by Gasteiger charge is 2.08. The first-order valence-corrected chi connectivity index (χ1v) is 6.01. The molecule has 0 saturated carbocycles. The third kappa shape index (κ3) is 2.41. The van der Waals surface area contributed by atoms with Gasteiger partial charge in [-0.3, -0.25) is 0 Å². The number of aromatic carboxylic acids is 1. The molecule has 0 aliphatic rings. The van der Waals surface area contributed by atoms with Gasteiger partial charge in [0.1, 0.15) is 0 Å². The molecule has 0 fully saturated rings. The van der Waals surface area contributed by atoms with Crippen molar-refractivity contribution in [1.82, 2.24) is 4.57 Å². The van der Waals surface area contributed by atoms with Gasteiger partial charge in [-0.15, -0.1) is 0 Å². The number of rotatable bonds is 3. The summed E-state index contributed by atoms with van der Waals surface area (Å²) in [4.78, 5) is 10.8. The van der Waals surface area contributed by atoms with Crippen molar-refractivity contribution in [2.75, 3.05) is 0 Å². The maximum absolute atomic E-state index is 10.8. The van der Waals surface area contributed by atoms with E-state index in [1.165, 1.54) is 0 Å². The number of hydrogen-bond donors (Lipinski definition) is 1. The molecule has 94 valence electrons. The van der Waals surface area contributed by atoms with Crippen molar-refractivity contribution in [3.8, 4) is 0 Å². The van der Waals surface area contributed by atoms with Crippen molar-refractivity contribution < 1.29 is 9.90 Å². The Morgan fingerprint density at radius 3 is 2.33 bits per heavy atom. The van der Waals surface area contributed by atoms with Gasteiger partial charge in [0.25, 0.3) is 0 Å². The van der Waals surface area contributed by atoms with Crippen LogP contribution in [0.2, 0.25) is 5.02 Å². The van der Waals surface area contributed by atoms with Crippen molar-refractivity contribution in [3.05, 3.63) is 57.9 Å². The Morgan fingerprint density at radius 2 is 1.89 bits per heavy atom. The minimum absolute atomic E-state index is 0.303. The fourth-order valence-electron chi connectivity index (χ4n) is 1.94. The second-order valence-corrected chi connectivity index (χ2v) is 4.71. The monoisotopic (exact) mass is 263 g/mol. The van der Waals surface area contributed by atoms with Crippen molar-refractivity contribution in [2.45, 2.75) is 20.4 Å². The largest absolute Gasteiger partial charge is 0.478 e. The number of nitrogens with zero attached hydrogens (tertiary/aromatic N) is 1. The lowest BCUT2D eigenvalue weighted by molar-refractivity contribution is 0.0697. The van der Waals surface area contributed by atoms with Gasteiger partial charge >= 0.3 is 5.97 Å². The van der Waals surface area contributed by atoms with E-state index in [-0.39, 0.29) is 0 Å². The van der Waals surface area contributed by atoms with Gasteiger partial charge in [-0.2, -0.15) is 0 Å². The summed E-state index contributed by atoms with van der Waals surface area (Å²) in [6.07, 6.45) is 0. The lowest BCUT2D eigenvalue weighted by atomic mass is 10.1. The van der Waals surface area contributed by atoms with Crippen LogP contribution in [-0.4, -0.2) is 15.6 Å². The van der Waals surface area contributed by atoms with Crippen LogP contribution in [0.5, 0.6) is 0 Å². The number of hydrogen-bond acceptors (Lipinski definition) is 1. The van der Waals surface area contributed by atoms with Crippen molar-refractivity contribution in [2.24, 2.45) is 0 Å². The quantitative estimate of drug-likeness (QED) is 0.921. The highest BCUT2D eigenvalue weighted by Crippen LogP contribution is 2.21. The van der Waals surface area contributed by atoms with Gasteiger partial charge in [-0.25, -0.2) is 4.79 Å². The number of aryl methyl sites for hydroxylation is 1. The van der Waals surface area contributed by atoms with Crippen molar-refractivity contribution in [1.29, 1.82) is 0 Å². The summed E-state index contributed by atoms with van der Waals surface area (Å²) in [6.45, 7) is 4.68. The molecular formula is C14H14ClNO2. The average molecular weight is 264 g/mol. The van der Waals surface area contributed by atoms with Gasteiger partial charge < -0.3 is 9.67 Å². The van der Waals surface area contributed by atoms with E-state index in [0.29, 0.717) is 12.1 Å². The highest BCUT2D eigenvalue weighted by atomic mass is 35.5. The molecule has 18 heavy (non-hydrogen) atoms. The van der Waals surface area contributed by atoms with Gasteiger partial charge in [0, 0.05) is 17.9 Å². The maximum atomic E-state index is 10.8. The SMILES string of the molecule is Cc1cc(Cl)c(C)n1Cc1ccc(C(=O)O)cc1. The predicted octanol–water partition coefficient (Wildman–Crippen LogP) is 3.50. The normalized spacial score (nSPS) is 10.6. The highest BCUT2D eigenvalue weighted by molar-refractivity contribution is 6.31. The van der Waals surface area contributed by atoms with Gasteiger partial charge in [-0.05, 0) is 37.6 Å². The van der Waals surface area contributed by atoms with Crippen LogP contribution >= 0.6 is 11.6 Å². The van der Waals surface area contributed by atoms with E-state index in [4.69, 9.17) is 16.7 Å². The lowest BCUT2D eigenvalue weighted by Crippen LogP contribution is -2.04. The van der Waals surface area contributed by atoms with Gasteiger partial charge in [0.2, 0.25) is 0 Å². The average Bonchev–Trinajstić information content (AvgIpc) is 2.57. The summed E-state index contributed by atoms with van der Waals surface area (Å²) in [6, 6.07) is 8.83. The van der Waals surface area contributed by atoms with Crippen LogP contribution in [0.25, 0.3) is 0 Å². The van der Waals surface area contributed by atoms with Crippen molar-refractivity contribution in [3.63, 3.8) is 0 Å². The molecule has 2 aromatic rings. The molecule has 0 aliphatic heterocycles. The molecule has 2 rings (SSSR count). The van der Waals surface area contributed by atoms with E-state index in [1.807, 2.05) is 32.0 Å². The molecule has 0 bridgehead atoms. The van der Waals surface area contributed by atoms with Crippen LogP contribution < -0.4 is 0 Å². The molecule has 0 radical (unpaired) electrons. The third-order valence-electron chi connectivity index (χ3n) is 3.05. The molecule has 0 amide bonds. The Bertz CT molecular complexity index is 585. The van der Waals surface area contributed by atoms with Gasteiger partial charge in [0.05, 0.1) is 10.6 Å². The zero-order valence-corrected chi connectivity index (χ0v) is 11.0. The topological polar surface area (TPSA) is 42.2 Å². The lowest BCUT2D eigenvalue weighted by Gasteiger charge is -2.09. The van der Waals surface area contributed by atoms with E-state index in [9.17, 15) is 4.79 Å². The fourth-order valence-corrected chi connectivity index (χ4v) is 2.20. The molecule has 0 aliphatic carbocycles. The standard InChI is InChI=1S/C14H14ClNO2/c1-9-7-13(15)10(2)16(9)8-11-3-5-12(6-4-11)14(17)18/h3-7H,8H2,1-2H3,(H,17,18). The molecule has 1 heterocycles. The maximum Gasteiger partial charge on any atom is 0.335 e. The summed E-state index contributed by atoms with van der Waals surface area (Å²) in [5, 5.41) is 9.59. The molecule has 1 aromatic heterocycles. The molecule has 0 unspecified atom stereocenters. The number of aromatic nitrogens is 1. The Hall–Kier alpha value is -1.74. The molecule has 0 spiro atoms. The smallest absolute Gasteiger partial charge is 0.335 e. The van der Waals surface area contributed by atoms with E-state index >= 15 is 0 Å². The Labute approximate surface area is 111 Å². The molecular weight excluding hydrogens is 250 g/mol. The number of carbonyl (C=O) groups is 1. The second-order valence-electron chi connectivity index (χ2n) is 4.31. The number of benzene rings is 1. The Balaban J connectivity index is 2.26. The summed E-state index contributed by atoms with van der Waals surface area (Å²) in [5.41, 5.74) is 3.48. The summed E-state index contributed by atoms with van der Waals surface area (Å²) in [7, 11) is 0. The van der Waals surface area contributed by atoms with E-state index in [0.717, 1.165) is 22.0 Å². The summed E-state index contributed by atoms with van der Waals surface area (Å²) in [5.74, 6) is -0.905.